The standard InChI is InChI=1S/C17H20N2O3/c1-2-16(20)19-7-5-11(6-8-19)12-3-4-14-13(9-12)10-15(18-14)17(21)22/h3-4,9-11,18H,2,5-8H2,1H3,(H,21,22). The van der Waals surface area contributed by atoms with Crippen LogP contribution < -0.4 is 0 Å². The quantitative estimate of drug-likeness (QED) is 0.915. The maximum Gasteiger partial charge on any atom is 0.352 e. The van der Waals surface area contributed by atoms with E-state index in [2.05, 4.69) is 17.1 Å². The van der Waals surface area contributed by atoms with Crippen LogP contribution >= 0.6 is 0 Å². The molecule has 0 radical (unpaired) electrons. The zero-order valence-electron chi connectivity index (χ0n) is 12.6. The number of aromatic amines is 1. The van der Waals surface area contributed by atoms with Gasteiger partial charge in [0.25, 0.3) is 0 Å². The van der Waals surface area contributed by atoms with E-state index in [1.807, 2.05) is 17.9 Å². The van der Waals surface area contributed by atoms with Crippen molar-refractivity contribution in [3.63, 3.8) is 0 Å². The first-order chi connectivity index (χ1) is 10.6. The van der Waals surface area contributed by atoms with Crippen molar-refractivity contribution in [2.45, 2.75) is 32.1 Å². The van der Waals surface area contributed by atoms with Gasteiger partial charge in [-0.15, -0.1) is 0 Å². The molecule has 0 bridgehead atoms. The highest BCUT2D eigenvalue weighted by atomic mass is 16.4. The number of likely N-dealkylation sites (tertiary alicyclic amines) is 1. The van der Waals surface area contributed by atoms with Crippen molar-refractivity contribution in [2.75, 3.05) is 13.1 Å². The molecule has 0 atom stereocenters. The second-order valence-corrected chi connectivity index (χ2v) is 5.84. The van der Waals surface area contributed by atoms with Gasteiger partial charge >= 0.3 is 5.97 Å². The SMILES string of the molecule is CCC(=O)N1CCC(c2ccc3[nH]c(C(=O)O)cc3c2)CC1. The molecule has 1 saturated heterocycles. The first-order valence-corrected chi connectivity index (χ1v) is 7.72. The molecule has 0 saturated carbocycles. The molecular weight excluding hydrogens is 280 g/mol. The molecule has 0 spiro atoms. The Balaban J connectivity index is 1.77. The van der Waals surface area contributed by atoms with E-state index >= 15 is 0 Å². The summed E-state index contributed by atoms with van der Waals surface area (Å²) in [5.74, 6) is -0.275. The molecule has 5 heteroatoms. The van der Waals surface area contributed by atoms with E-state index in [9.17, 15) is 9.59 Å². The maximum atomic E-state index is 11.7. The average Bonchev–Trinajstić information content (AvgIpc) is 2.97. The predicted octanol–water partition coefficient (Wildman–Crippen LogP) is 2.98. The normalized spacial score (nSPS) is 16.1. The molecule has 1 aromatic carbocycles. The third-order valence-corrected chi connectivity index (χ3v) is 4.50. The molecule has 22 heavy (non-hydrogen) atoms. The van der Waals surface area contributed by atoms with Crippen LogP contribution in [-0.2, 0) is 4.79 Å². The van der Waals surface area contributed by atoms with Crippen LogP contribution in [0.3, 0.4) is 0 Å². The van der Waals surface area contributed by atoms with Crippen molar-refractivity contribution in [3.05, 3.63) is 35.5 Å². The largest absolute Gasteiger partial charge is 0.477 e. The number of hydrogen-bond donors (Lipinski definition) is 2. The number of amides is 1. The lowest BCUT2D eigenvalue weighted by Gasteiger charge is -2.32. The summed E-state index contributed by atoms with van der Waals surface area (Å²) in [4.78, 5) is 27.6. The van der Waals surface area contributed by atoms with Crippen LogP contribution in [0.25, 0.3) is 10.9 Å². The van der Waals surface area contributed by atoms with E-state index in [4.69, 9.17) is 5.11 Å². The Hall–Kier alpha value is -2.30. The van der Waals surface area contributed by atoms with Gasteiger partial charge in [-0.25, -0.2) is 4.79 Å². The number of carboxylic acid groups (broad SMARTS) is 1. The van der Waals surface area contributed by atoms with Crippen molar-refractivity contribution >= 4 is 22.8 Å². The number of nitrogens with zero attached hydrogens (tertiary/aromatic N) is 1. The van der Waals surface area contributed by atoms with Gasteiger partial charge in [0.15, 0.2) is 0 Å². The number of H-pyrrole nitrogens is 1. The zero-order valence-corrected chi connectivity index (χ0v) is 12.6. The zero-order chi connectivity index (χ0) is 15.7. The predicted molar refractivity (Wildman–Crippen MR) is 84.1 cm³/mol. The van der Waals surface area contributed by atoms with E-state index in [0.717, 1.165) is 36.8 Å². The molecule has 116 valence electrons. The highest BCUT2D eigenvalue weighted by Gasteiger charge is 2.23. The number of piperidine rings is 1. The summed E-state index contributed by atoms with van der Waals surface area (Å²) in [5.41, 5.74) is 2.29. The van der Waals surface area contributed by atoms with Gasteiger partial charge in [0.05, 0.1) is 0 Å². The second-order valence-electron chi connectivity index (χ2n) is 5.84. The van der Waals surface area contributed by atoms with Crippen LogP contribution in [0.5, 0.6) is 0 Å². The maximum absolute atomic E-state index is 11.7. The van der Waals surface area contributed by atoms with Gasteiger partial charge in [-0.05, 0) is 42.5 Å². The average molecular weight is 300 g/mol. The van der Waals surface area contributed by atoms with Crippen molar-refractivity contribution in [1.82, 2.24) is 9.88 Å². The van der Waals surface area contributed by atoms with E-state index in [-0.39, 0.29) is 11.6 Å². The van der Waals surface area contributed by atoms with Crippen LogP contribution in [0.1, 0.15) is 48.2 Å². The molecule has 1 amide bonds. The number of rotatable bonds is 3. The van der Waals surface area contributed by atoms with Gasteiger partial charge < -0.3 is 15.0 Å². The molecule has 0 unspecified atom stereocenters. The van der Waals surface area contributed by atoms with E-state index < -0.39 is 5.97 Å². The lowest BCUT2D eigenvalue weighted by Crippen LogP contribution is -2.37. The first kappa shape index (κ1) is 14.6. The van der Waals surface area contributed by atoms with Crippen molar-refractivity contribution < 1.29 is 14.7 Å². The second kappa shape index (κ2) is 5.83. The summed E-state index contributed by atoms with van der Waals surface area (Å²) in [6.07, 6.45) is 2.50. The summed E-state index contributed by atoms with van der Waals surface area (Å²) in [6, 6.07) is 7.75. The molecule has 1 aromatic heterocycles. The number of benzene rings is 1. The Morgan fingerprint density at radius 2 is 2.00 bits per heavy atom. The topological polar surface area (TPSA) is 73.4 Å². The number of carbonyl (C=O) groups is 2. The van der Waals surface area contributed by atoms with Crippen LogP contribution in [0.2, 0.25) is 0 Å². The van der Waals surface area contributed by atoms with Crippen LogP contribution in [-0.4, -0.2) is 40.0 Å². The minimum absolute atomic E-state index is 0.218. The Morgan fingerprint density at radius 3 is 2.64 bits per heavy atom. The molecule has 3 rings (SSSR count). The minimum atomic E-state index is -0.941. The molecule has 0 aliphatic carbocycles. The highest BCUT2D eigenvalue weighted by Crippen LogP contribution is 2.30. The van der Waals surface area contributed by atoms with Gasteiger partial charge in [0.2, 0.25) is 5.91 Å². The van der Waals surface area contributed by atoms with Gasteiger partial charge in [-0.2, -0.15) is 0 Å². The Kier molecular flexibility index (Phi) is 3.88. The van der Waals surface area contributed by atoms with Crippen LogP contribution in [0.4, 0.5) is 0 Å². The fourth-order valence-electron chi connectivity index (χ4n) is 3.21. The van der Waals surface area contributed by atoms with E-state index in [1.54, 1.807) is 6.07 Å². The number of aromatic nitrogens is 1. The lowest BCUT2D eigenvalue weighted by atomic mass is 9.89. The van der Waals surface area contributed by atoms with Crippen LogP contribution in [0, 0.1) is 0 Å². The monoisotopic (exact) mass is 300 g/mol. The van der Waals surface area contributed by atoms with Gasteiger partial charge in [0, 0.05) is 30.4 Å². The summed E-state index contributed by atoms with van der Waals surface area (Å²) in [7, 11) is 0. The minimum Gasteiger partial charge on any atom is -0.477 e. The number of fused-ring (bicyclic) bond motifs is 1. The third kappa shape index (κ3) is 2.71. The smallest absolute Gasteiger partial charge is 0.352 e. The van der Waals surface area contributed by atoms with Gasteiger partial charge in [-0.3, -0.25) is 4.79 Å². The first-order valence-electron chi connectivity index (χ1n) is 7.72. The molecular formula is C17H20N2O3. The summed E-state index contributed by atoms with van der Waals surface area (Å²) >= 11 is 0. The molecule has 1 aliphatic heterocycles. The molecule has 1 fully saturated rings. The summed E-state index contributed by atoms with van der Waals surface area (Å²) in [5, 5.41) is 9.97. The van der Waals surface area contributed by atoms with E-state index in [1.165, 1.54) is 5.56 Å². The lowest BCUT2D eigenvalue weighted by molar-refractivity contribution is -0.131. The molecule has 5 nitrogen and oxygen atoms in total. The molecule has 2 heterocycles. The summed E-state index contributed by atoms with van der Waals surface area (Å²) < 4.78 is 0. The van der Waals surface area contributed by atoms with Crippen LogP contribution in [0.15, 0.2) is 24.3 Å². The van der Waals surface area contributed by atoms with E-state index in [0.29, 0.717) is 12.3 Å². The Morgan fingerprint density at radius 1 is 1.27 bits per heavy atom. The van der Waals surface area contributed by atoms with Crippen molar-refractivity contribution in [3.8, 4) is 0 Å². The van der Waals surface area contributed by atoms with Gasteiger partial charge in [-0.1, -0.05) is 13.0 Å². The Labute approximate surface area is 128 Å². The molecule has 2 N–H and O–H groups in total. The fourth-order valence-corrected chi connectivity index (χ4v) is 3.21. The number of carbonyl (C=O) groups excluding carboxylic acids is 1. The third-order valence-electron chi connectivity index (χ3n) is 4.50. The molecule has 1 aliphatic rings. The van der Waals surface area contributed by atoms with Crippen molar-refractivity contribution in [2.24, 2.45) is 0 Å². The fraction of sp³-hybridized carbons (Fsp3) is 0.412. The van der Waals surface area contributed by atoms with Crippen molar-refractivity contribution in [1.29, 1.82) is 0 Å². The highest BCUT2D eigenvalue weighted by molar-refractivity contribution is 5.93. The summed E-state index contributed by atoms with van der Waals surface area (Å²) in [6.45, 7) is 3.51. The number of carboxylic acids is 1. The number of nitrogens with one attached hydrogen (secondary N) is 1. The number of aromatic carboxylic acids is 1. The van der Waals surface area contributed by atoms with Gasteiger partial charge in [0.1, 0.15) is 5.69 Å². The number of hydrogen-bond acceptors (Lipinski definition) is 2. The Bertz CT molecular complexity index is 712. The molecule has 2 aromatic rings.